The van der Waals surface area contributed by atoms with Crippen LogP contribution in [0.5, 0.6) is 5.75 Å². The number of benzene rings is 1. The molecule has 0 bridgehead atoms. The monoisotopic (exact) mass is 295 g/mol. The fraction of sp³-hybridized carbons (Fsp3) is 0.357. The zero-order valence-corrected chi connectivity index (χ0v) is 11.9. The Kier molecular flexibility index (Phi) is 6.73. The molecule has 1 aromatic carbocycles. The third-order valence-corrected chi connectivity index (χ3v) is 2.25. The molecule has 2 amide bonds. The number of alkyl carbamates (subject to hydrolysis) is 1. The first kappa shape index (κ1) is 16.5. The number of hydrogen-bond donors (Lipinski definition) is 1. The number of esters is 1. The number of nitrogens with one attached hydrogen (secondary N) is 1. The van der Waals surface area contributed by atoms with Crippen molar-refractivity contribution in [2.24, 2.45) is 0 Å². The summed E-state index contributed by atoms with van der Waals surface area (Å²) >= 11 is 0. The molecule has 0 fully saturated rings. The molecule has 0 atom stereocenters. The molecule has 21 heavy (non-hydrogen) atoms. The first-order chi connectivity index (χ1) is 10.1. The van der Waals surface area contributed by atoms with Crippen LogP contribution < -0.4 is 10.1 Å². The highest BCUT2D eigenvalue weighted by Crippen LogP contribution is 2.12. The Balaban J connectivity index is 2.42. The van der Waals surface area contributed by atoms with Crippen LogP contribution in [0.15, 0.2) is 24.3 Å². The van der Waals surface area contributed by atoms with E-state index in [1.54, 1.807) is 19.1 Å². The van der Waals surface area contributed by atoms with Crippen LogP contribution in [0.3, 0.4) is 0 Å². The van der Waals surface area contributed by atoms with Gasteiger partial charge in [0, 0.05) is 0 Å². The highest BCUT2D eigenvalue weighted by molar-refractivity contribution is 5.95. The molecule has 0 radical (unpaired) electrons. The number of carbonyl (C=O) groups excluding carboxylic acids is 3. The number of ether oxygens (including phenoxy) is 3. The smallest absolute Gasteiger partial charge is 0.413 e. The quantitative estimate of drug-likeness (QED) is 0.800. The van der Waals surface area contributed by atoms with Crippen LogP contribution in [0.2, 0.25) is 0 Å². The van der Waals surface area contributed by atoms with Gasteiger partial charge in [-0.2, -0.15) is 0 Å². The summed E-state index contributed by atoms with van der Waals surface area (Å²) in [6.07, 6.45) is -0.875. The zero-order chi connectivity index (χ0) is 15.7. The predicted molar refractivity (Wildman–Crippen MR) is 73.1 cm³/mol. The molecule has 1 aromatic rings. The number of amides is 2. The normalized spacial score (nSPS) is 9.62. The molecule has 7 nitrogen and oxygen atoms in total. The van der Waals surface area contributed by atoms with Gasteiger partial charge in [-0.25, -0.2) is 9.59 Å². The van der Waals surface area contributed by atoms with Crippen LogP contribution in [0.25, 0.3) is 0 Å². The van der Waals surface area contributed by atoms with E-state index in [0.717, 1.165) is 0 Å². The van der Waals surface area contributed by atoms with E-state index in [1.165, 1.54) is 12.1 Å². The maximum absolute atomic E-state index is 11.7. The molecule has 1 rings (SSSR count). The lowest BCUT2D eigenvalue weighted by atomic mass is 10.2. The maximum atomic E-state index is 11.7. The van der Waals surface area contributed by atoms with E-state index in [-0.39, 0.29) is 12.2 Å². The number of hydrogen-bond acceptors (Lipinski definition) is 6. The fourth-order valence-corrected chi connectivity index (χ4v) is 1.39. The molecule has 0 aliphatic heterocycles. The van der Waals surface area contributed by atoms with Crippen molar-refractivity contribution < 1.29 is 28.6 Å². The van der Waals surface area contributed by atoms with Gasteiger partial charge in [0.05, 0.1) is 18.8 Å². The second-order valence-corrected chi connectivity index (χ2v) is 3.80. The van der Waals surface area contributed by atoms with E-state index < -0.39 is 24.6 Å². The van der Waals surface area contributed by atoms with E-state index >= 15 is 0 Å². The standard InChI is InChI=1S/C14H17NO6/c1-3-19-11-7-5-10(6-8-11)13(17)21-9-12(16)15-14(18)20-4-2/h5-8H,3-4,9H2,1-2H3,(H,15,16,18). The lowest BCUT2D eigenvalue weighted by Gasteiger charge is -2.06. The molecule has 0 aliphatic carbocycles. The lowest BCUT2D eigenvalue weighted by molar-refractivity contribution is -0.123. The van der Waals surface area contributed by atoms with Crippen molar-refractivity contribution in [3.63, 3.8) is 0 Å². The van der Waals surface area contributed by atoms with Crippen molar-refractivity contribution in [1.82, 2.24) is 5.32 Å². The fourth-order valence-electron chi connectivity index (χ4n) is 1.39. The summed E-state index contributed by atoms with van der Waals surface area (Å²) in [7, 11) is 0. The van der Waals surface area contributed by atoms with Gasteiger partial charge in [-0.1, -0.05) is 0 Å². The van der Waals surface area contributed by atoms with Crippen molar-refractivity contribution in [3.05, 3.63) is 29.8 Å². The van der Waals surface area contributed by atoms with Crippen LogP contribution in [-0.2, 0) is 14.3 Å². The van der Waals surface area contributed by atoms with E-state index in [1.807, 2.05) is 12.2 Å². The Hall–Kier alpha value is -2.57. The highest BCUT2D eigenvalue weighted by Gasteiger charge is 2.12. The predicted octanol–water partition coefficient (Wildman–Crippen LogP) is 1.51. The molecular formula is C14H17NO6. The molecule has 0 aromatic heterocycles. The van der Waals surface area contributed by atoms with Crippen LogP contribution >= 0.6 is 0 Å². The van der Waals surface area contributed by atoms with Gasteiger partial charge < -0.3 is 14.2 Å². The molecule has 0 spiro atoms. The Labute approximate surface area is 122 Å². The summed E-state index contributed by atoms with van der Waals surface area (Å²) in [5.74, 6) is -0.793. The molecule has 0 saturated carbocycles. The summed E-state index contributed by atoms with van der Waals surface area (Å²) in [5, 5.41) is 1.92. The molecule has 1 N–H and O–H groups in total. The second-order valence-electron chi connectivity index (χ2n) is 3.80. The maximum Gasteiger partial charge on any atom is 0.413 e. The minimum absolute atomic E-state index is 0.144. The molecular weight excluding hydrogens is 278 g/mol. The van der Waals surface area contributed by atoms with Gasteiger partial charge in [0.25, 0.3) is 5.91 Å². The highest BCUT2D eigenvalue weighted by atomic mass is 16.6. The van der Waals surface area contributed by atoms with Crippen LogP contribution in [0, 0.1) is 0 Å². The average molecular weight is 295 g/mol. The van der Waals surface area contributed by atoms with Gasteiger partial charge in [0.15, 0.2) is 6.61 Å². The van der Waals surface area contributed by atoms with Crippen LogP contribution in [-0.4, -0.2) is 37.8 Å². The molecule has 0 aliphatic rings. The third kappa shape index (κ3) is 5.94. The summed E-state index contributed by atoms with van der Waals surface area (Å²) < 4.78 is 14.5. The minimum atomic E-state index is -0.875. The topological polar surface area (TPSA) is 90.9 Å². The Bertz CT molecular complexity index is 497. The van der Waals surface area contributed by atoms with Crippen molar-refractivity contribution in [2.75, 3.05) is 19.8 Å². The SMILES string of the molecule is CCOC(=O)NC(=O)COC(=O)c1ccc(OCC)cc1. The largest absolute Gasteiger partial charge is 0.494 e. The van der Waals surface area contributed by atoms with E-state index in [9.17, 15) is 14.4 Å². The van der Waals surface area contributed by atoms with Crippen LogP contribution in [0.1, 0.15) is 24.2 Å². The molecule has 114 valence electrons. The summed E-state index contributed by atoms with van der Waals surface area (Å²) in [6, 6.07) is 6.30. The van der Waals surface area contributed by atoms with Gasteiger partial charge in [-0.3, -0.25) is 10.1 Å². The average Bonchev–Trinajstić information content (AvgIpc) is 2.46. The van der Waals surface area contributed by atoms with Gasteiger partial charge >= 0.3 is 12.1 Å². The number of imide groups is 1. The summed E-state index contributed by atoms with van der Waals surface area (Å²) in [5.41, 5.74) is 0.280. The van der Waals surface area contributed by atoms with E-state index in [2.05, 4.69) is 4.74 Å². The summed E-state index contributed by atoms with van der Waals surface area (Å²) in [4.78, 5) is 33.9. The third-order valence-electron chi connectivity index (χ3n) is 2.25. The lowest BCUT2D eigenvalue weighted by Crippen LogP contribution is -2.34. The molecule has 7 heteroatoms. The Morgan fingerprint density at radius 1 is 1.00 bits per heavy atom. The van der Waals surface area contributed by atoms with Gasteiger partial charge in [-0.15, -0.1) is 0 Å². The van der Waals surface area contributed by atoms with Crippen LogP contribution in [0.4, 0.5) is 4.79 Å². The number of rotatable bonds is 6. The van der Waals surface area contributed by atoms with Crippen molar-refractivity contribution in [1.29, 1.82) is 0 Å². The molecule has 0 saturated heterocycles. The summed E-state index contributed by atoms with van der Waals surface area (Å²) in [6.45, 7) is 3.56. The first-order valence-corrected chi connectivity index (χ1v) is 6.43. The van der Waals surface area contributed by atoms with Gasteiger partial charge in [0.1, 0.15) is 5.75 Å². The van der Waals surface area contributed by atoms with Crippen molar-refractivity contribution >= 4 is 18.0 Å². The Morgan fingerprint density at radius 2 is 1.67 bits per heavy atom. The van der Waals surface area contributed by atoms with Gasteiger partial charge in [0.2, 0.25) is 0 Å². The second kappa shape index (κ2) is 8.57. The van der Waals surface area contributed by atoms with E-state index in [0.29, 0.717) is 12.4 Å². The molecule has 0 unspecified atom stereocenters. The number of carbonyl (C=O) groups is 3. The van der Waals surface area contributed by atoms with Crippen molar-refractivity contribution in [2.45, 2.75) is 13.8 Å². The Morgan fingerprint density at radius 3 is 2.24 bits per heavy atom. The van der Waals surface area contributed by atoms with Gasteiger partial charge in [-0.05, 0) is 38.1 Å². The van der Waals surface area contributed by atoms with Crippen molar-refractivity contribution in [3.8, 4) is 5.75 Å². The zero-order valence-electron chi connectivity index (χ0n) is 11.9. The molecule has 0 heterocycles. The van der Waals surface area contributed by atoms with E-state index in [4.69, 9.17) is 9.47 Å². The first-order valence-electron chi connectivity index (χ1n) is 6.43. The minimum Gasteiger partial charge on any atom is -0.494 e.